The fourth-order valence-corrected chi connectivity index (χ4v) is 4.87. The van der Waals surface area contributed by atoms with E-state index in [1.807, 2.05) is 0 Å². The Kier molecular flexibility index (Phi) is 22.2. The lowest BCUT2D eigenvalue weighted by Crippen LogP contribution is -2.63. The number of nitrogens with two attached hydrogens (primary N) is 2. The van der Waals surface area contributed by atoms with Crippen LogP contribution in [0.4, 0.5) is 0 Å². The van der Waals surface area contributed by atoms with Gasteiger partial charge in [-0.2, -0.15) is 0 Å². The van der Waals surface area contributed by atoms with Crippen molar-refractivity contribution in [2.45, 2.75) is 174 Å². The summed E-state index contributed by atoms with van der Waals surface area (Å²) in [6.07, 6.45) is 25.2. The molecule has 1 unspecified atom stereocenters. The van der Waals surface area contributed by atoms with Crippen molar-refractivity contribution in [2.24, 2.45) is 17.4 Å². The van der Waals surface area contributed by atoms with Gasteiger partial charge in [-0.05, 0) is 19.3 Å². The molecule has 0 aliphatic heterocycles. The van der Waals surface area contributed by atoms with Crippen LogP contribution in [0.1, 0.15) is 168 Å². The lowest BCUT2D eigenvalue weighted by Gasteiger charge is -2.32. The molecule has 0 aromatic heterocycles. The average molecular weight is 481 g/mol. The Balaban J connectivity index is 4.31. The minimum Gasteiger partial charge on any atom is -0.307 e. The van der Waals surface area contributed by atoms with E-state index in [-0.39, 0.29) is 11.6 Å². The van der Waals surface area contributed by atoms with Gasteiger partial charge in [0, 0.05) is 12.8 Å². The Morgan fingerprint density at radius 3 is 1.29 bits per heavy atom. The summed E-state index contributed by atoms with van der Waals surface area (Å²) in [5.74, 6) is -0.564. The van der Waals surface area contributed by atoms with Crippen molar-refractivity contribution in [3.05, 3.63) is 0 Å². The van der Waals surface area contributed by atoms with Gasteiger partial charge < -0.3 is 11.5 Å². The van der Waals surface area contributed by atoms with E-state index < -0.39 is 11.6 Å². The van der Waals surface area contributed by atoms with Gasteiger partial charge in [-0.1, -0.05) is 136 Å². The summed E-state index contributed by atoms with van der Waals surface area (Å²) in [4.78, 5) is 25.9. The van der Waals surface area contributed by atoms with Crippen LogP contribution in [0.25, 0.3) is 0 Å². The molecular formula is C30H60N2O2. The standard InChI is InChI=1S/C30H60N2O2/c1-4-7-10-12-14-16-18-20-22-25-28(33)27(24-9-6-3)30(31,32)29(34)26-23-21-19-17-15-13-11-8-5-2/h27H,4-26,31-32H2,1-3H3. The Morgan fingerprint density at radius 1 is 0.529 bits per heavy atom. The summed E-state index contributed by atoms with van der Waals surface area (Å²) in [6.45, 7) is 6.58. The first-order chi connectivity index (χ1) is 16.4. The zero-order chi connectivity index (χ0) is 25.5. The predicted molar refractivity (Wildman–Crippen MR) is 148 cm³/mol. The number of Topliss-reactive ketones (excluding diaryl/α,β-unsaturated/α-hetero) is 2. The maximum atomic E-state index is 13.0. The first kappa shape index (κ1) is 33.3. The van der Waals surface area contributed by atoms with Crippen molar-refractivity contribution < 1.29 is 9.59 Å². The number of carbonyl (C=O) groups is 2. The molecule has 0 saturated heterocycles. The van der Waals surface area contributed by atoms with E-state index in [0.717, 1.165) is 38.5 Å². The molecule has 0 fully saturated rings. The van der Waals surface area contributed by atoms with Gasteiger partial charge in [0.2, 0.25) is 0 Å². The minimum absolute atomic E-state index is 0.0989. The van der Waals surface area contributed by atoms with Crippen molar-refractivity contribution in [1.82, 2.24) is 0 Å². The van der Waals surface area contributed by atoms with Gasteiger partial charge >= 0.3 is 0 Å². The van der Waals surface area contributed by atoms with Crippen molar-refractivity contribution in [3.8, 4) is 0 Å². The van der Waals surface area contributed by atoms with Crippen LogP contribution in [0.5, 0.6) is 0 Å². The number of hydrogen-bond acceptors (Lipinski definition) is 4. The monoisotopic (exact) mass is 480 g/mol. The van der Waals surface area contributed by atoms with E-state index >= 15 is 0 Å². The highest BCUT2D eigenvalue weighted by atomic mass is 16.1. The molecule has 4 N–H and O–H groups in total. The van der Waals surface area contributed by atoms with E-state index in [2.05, 4.69) is 20.8 Å². The molecule has 0 aliphatic carbocycles. The van der Waals surface area contributed by atoms with Gasteiger partial charge in [0.25, 0.3) is 0 Å². The van der Waals surface area contributed by atoms with Crippen LogP contribution in [0.3, 0.4) is 0 Å². The van der Waals surface area contributed by atoms with Gasteiger partial charge in [0.1, 0.15) is 11.4 Å². The van der Waals surface area contributed by atoms with Gasteiger partial charge in [0.05, 0.1) is 5.92 Å². The molecule has 0 aromatic carbocycles. The van der Waals surface area contributed by atoms with Gasteiger partial charge in [-0.3, -0.25) is 9.59 Å². The molecule has 1 atom stereocenters. The highest BCUT2D eigenvalue weighted by molar-refractivity contribution is 5.95. The predicted octanol–water partition coefficient (Wildman–Crippen LogP) is 8.39. The lowest BCUT2D eigenvalue weighted by atomic mass is 9.80. The number of ketones is 2. The van der Waals surface area contributed by atoms with E-state index in [9.17, 15) is 9.59 Å². The van der Waals surface area contributed by atoms with E-state index in [4.69, 9.17) is 11.5 Å². The van der Waals surface area contributed by atoms with Gasteiger partial charge in [-0.25, -0.2) is 0 Å². The van der Waals surface area contributed by atoms with E-state index in [0.29, 0.717) is 19.3 Å². The van der Waals surface area contributed by atoms with E-state index in [1.54, 1.807) is 0 Å². The van der Waals surface area contributed by atoms with Crippen LogP contribution in [0.15, 0.2) is 0 Å². The Bertz CT molecular complexity index is 490. The first-order valence-corrected chi connectivity index (χ1v) is 15.0. The highest BCUT2D eigenvalue weighted by Crippen LogP contribution is 2.24. The fraction of sp³-hybridized carbons (Fsp3) is 0.933. The summed E-state index contributed by atoms with van der Waals surface area (Å²) < 4.78 is 0. The number of carbonyl (C=O) groups excluding carboxylic acids is 2. The quantitative estimate of drug-likeness (QED) is 0.0961. The third-order valence-electron chi connectivity index (χ3n) is 7.33. The van der Waals surface area contributed by atoms with Crippen LogP contribution >= 0.6 is 0 Å². The van der Waals surface area contributed by atoms with Crippen molar-refractivity contribution in [1.29, 1.82) is 0 Å². The third-order valence-corrected chi connectivity index (χ3v) is 7.33. The smallest absolute Gasteiger partial charge is 0.167 e. The molecule has 0 radical (unpaired) electrons. The number of rotatable bonds is 26. The topological polar surface area (TPSA) is 86.2 Å². The largest absolute Gasteiger partial charge is 0.307 e. The van der Waals surface area contributed by atoms with Crippen LogP contribution in [0.2, 0.25) is 0 Å². The molecule has 0 aliphatic rings. The lowest BCUT2D eigenvalue weighted by molar-refractivity contribution is -0.134. The average Bonchev–Trinajstić information content (AvgIpc) is 2.81. The maximum Gasteiger partial charge on any atom is 0.167 e. The SMILES string of the molecule is CCCCCCCCCCCC(=O)C(CCCC)C(N)(N)C(=O)CCCCCCCCCCC. The second-order valence-corrected chi connectivity index (χ2v) is 10.7. The molecule has 4 heteroatoms. The zero-order valence-corrected chi connectivity index (χ0v) is 23.3. The molecule has 0 bridgehead atoms. The number of hydrogen-bond donors (Lipinski definition) is 2. The molecule has 202 valence electrons. The molecule has 0 heterocycles. The second kappa shape index (κ2) is 22.7. The molecule has 4 nitrogen and oxygen atoms in total. The number of unbranched alkanes of at least 4 members (excludes halogenated alkanes) is 17. The summed E-state index contributed by atoms with van der Waals surface area (Å²) in [5, 5.41) is 0. The van der Waals surface area contributed by atoms with Gasteiger partial charge in [0.15, 0.2) is 5.78 Å². The maximum absolute atomic E-state index is 13.0. The molecular weight excluding hydrogens is 420 g/mol. The minimum atomic E-state index is -1.51. The highest BCUT2D eigenvalue weighted by Gasteiger charge is 2.40. The van der Waals surface area contributed by atoms with Crippen LogP contribution in [-0.2, 0) is 9.59 Å². The summed E-state index contributed by atoms with van der Waals surface area (Å²) in [6, 6.07) is 0. The van der Waals surface area contributed by atoms with Gasteiger partial charge in [-0.15, -0.1) is 0 Å². The molecule has 0 amide bonds. The Labute approximate surface area is 212 Å². The molecule has 0 saturated carbocycles. The Morgan fingerprint density at radius 2 is 0.882 bits per heavy atom. The van der Waals surface area contributed by atoms with Crippen LogP contribution < -0.4 is 11.5 Å². The molecule has 0 spiro atoms. The summed E-state index contributed by atoms with van der Waals surface area (Å²) >= 11 is 0. The van der Waals surface area contributed by atoms with Crippen molar-refractivity contribution >= 4 is 11.6 Å². The molecule has 0 aromatic rings. The third kappa shape index (κ3) is 16.8. The molecule has 0 rings (SSSR count). The Hall–Kier alpha value is -0.740. The first-order valence-electron chi connectivity index (χ1n) is 15.0. The van der Waals surface area contributed by atoms with Crippen LogP contribution in [-0.4, -0.2) is 17.2 Å². The second-order valence-electron chi connectivity index (χ2n) is 10.7. The van der Waals surface area contributed by atoms with Crippen molar-refractivity contribution in [2.75, 3.05) is 0 Å². The molecule has 34 heavy (non-hydrogen) atoms. The fourth-order valence-electron chi connectivity index (χ4n) is 4.87. The van der Waals surface area contributed by atoms with E-state index in [1.165, 1.54) is 89.9 Å². The summed E-state index contributed by atoms with van der Waals surface area (Å²) in [7, 11) is 0. The van der Waals surface area contributed by atoms with Crippen LogP contribution in [0, 0.1) is 5.92 Å². The normalized spacial score (nSPS) is 12.7. The zero-order valence-electron chi connectivity index (χ0n) is 23.3. The summed E-state index contributed by atoms with van der Waals surface area (Å²) in [5.41, 5.74) is 11.2. The van der Waals surface area contributed by atoms with Crippen molar-refractivity contribution in [3.63, 3.8) is 0 Å².